The second-order valence-electron chi connectivity index (χ2n) is 16.7. The van der Waals surface area contributed by atoms with Gasteiger partial charge in [-0.1, -0.05) is 86.0 Å². The third-order valence-electron chi connectivity index (χ3n) is 13.4. The van der Waals surface area contributed by atoms with E-state index in [0.717, 1.165) is 102 Å². The van der Waals surface area contributed by atoms with Crippen LogP contribution in [0.4, 0.5) is 0 Å². The van der Waals surface area contributed by atoms with E-state index in [2.05, 4.69) is 76.5 Å². The number of rotatable bonds is 17. The fourth-order valence-electron chi connectivity index (χ4n) is 10.8. The predicted octanol–water partition coefficient (Wildman–Crippen LogP) is 7.84. The predicted molar refractivity (Wildman–Crippen MR) is 207 cm³/mol. The molecule has 1 saturated heterocycles. The third kappa shape index (κ3) is 7.53. The number of aliphatic hydroxyl groups excluding tert-OH is 1. The Morgan fingerprint density at radius 3 is 2.26 bits per heavy atom. The topological polar surface area (TPSA) is 79.3 Å². The fraction of sp³-hybridized carbons (Fsp3) is 0.565. The summed E-state index contributed by atoms with van der Waals surface area (Å²) >= 11 is 0. The molecule has 53 heavy (non-hydrogen) atoms. The molecule has 7 atom stereocenters. The lowest BCUT2D eigenvalue weighted by Gasteiger charge is -2.60. The number of aliphatic hydroxyl groups is 1. The van der Waals surface area contributed by atoms with Gasteiger partial charge in [-0.15, -0.1) is 0 Å². The zero-order valence-electron chi connectivity index (χ0n) is 31.6. The highest BCUT2D eigenvalue weighted by atomic mass is 16.6. The minimum atomic E-state index is -0.341. The summed E-state index contributed by atoms with van der Waals surface area (Å²) in [6.07, 6.45) is 14.7. The van der Waals surface area contributed by atoms with Gasteiger partial charge in [0.05, 0.1) is 12.1 Å². The third-order valence-corrected chi connectivity index (χ3v) is 13.4. The summed E-state index contributed by atoms with van der Waals surface area (Å²) in [5.74, 6) is 1.98. The van der Waals surface area contributed by atoms with Crippen LogP contribution in [0.2, 0.25) is 0 Å². The van der Waals surface area contributed by atoms with Crippen molar-refractivity contribution in [2.45, 2.75) is 133 Å². The Morgan fingerprint density at radius 2 is 1.57 bits per heavy atom. The smallest absolute Gasteiger partial charge is 0.308 e. The van der Waals surface area contributed by atoms with Gasteiger partial charge in [-0.2, -0.15) is 0 Å². The molecule has 3 fully saturated rings. The van der Waals surface area contributed by atoms with E-state index in [1.54, 1.807) is 0 Å². The van der Waals surface area contributed by atoms with Crippen LogP contribution in [0.3, 0.4) is 0 Å². The van der Waals surface area contributed by atoms with E-state index in [1.165, 1.54) is 42.0 Å². The van der Waals surface area contributed by atoms with Crippen molar-refractivity contribution in [3.05, 3.63) is 95.1 Å². The Kier molecular flexibility index (Phi) is 10.9. The van der Waals surface area contributed by atoms with Crippen LogP contribution in [0.1, 0.15) is 106 Å². The molecule has 2 unspecified atom stereocenters. The maximum Gasteiger partial charge on any atom is 0.308 e. The Morgan fingerprint density at radius 1 is 0.887 bits per heavy atom. The van der Waals surface area contributed by atoms with Crippen LogP contribution in [0.25, 0.3) is 0 Å². The molecular weight excluding hydrogens is 661 g/mol. The summed E-state index contributed by atoms with van der Waals surface area (Å²) in [6.45, 7) is 4.11. The van der Waals surface area contributed by atoms with Gasteiger partial charge in [0, 0.05) is 49.4 Å². The summed E-state index contributed by atoms with van der Waals surface area (Å²) in [7, 11) is 0. The average molecular weight is 719 g/mol. The number of benzene rings is 3. The lowest BCUT2D eigenvalue weighted by Crippen LogP contribution is -2.69. The normalized spacial score (nSPS) is 27.8. The molecule has 2 bridgehead atoms. The second-order valence-corrected chi connectivity index (χ2v) is 16.7. The van der Waals surface area contributed by atoms with Crippen LogP contribution >= 0.6 is 0 Å². The van der Waals surface area contributed by atoms with Gasteiger partial charge in [0.15, 0.2) is 11.5 Å². The van der Waals surface area contributed by atoms with Crippen molar-refractivity contribution in [3.63, 3.8) is 0 Å². The first-order chi connectivity index (χ1) is 25.9. The number of carbonyl (C=O) groups is 2. The highest BCUT2D eigenvalue weighted by Gasteiger charge is 2.67. The van der Waals surface area contributed by atoms with Gasteiger partial charge in [-0.05, 0) is 106 Å². The first kappa shape index (κ1) is 36.3. The van der Waals surface area contributed by atoms with E-state index in [4.69, 9.17) is 9.47 Å². The molecule has 5 aliphatic rings. The van der Waals surface area contributed by atoms with Crippen LogP contribution in [-0.2, 0) is 34.3 Å². The maximum atomic E-state index is 14.5. The van der Waals surface area contributed by atoms with Crippen LogP contribution in [0, 0.1) is 11.8 Å². The lowest BCUT2D eigenvalue weighted by molar-refractivity contribution is -0.143. The number of esters is 1. The summed E-state index contributed by atoms with van der Waals surface area (Å²) in [5, 5.41) is 10.3. The molecule has 7 heteroatoms. The van der Waals surface area contributed by atoms with Gasteiger partial charge in [-0.25, -0.2) is 0 Å². The Hall–Kier alpha value is -3.68. The summed E-state index contributed by atoms with van der Waals surface area (Å²) in [6, 6.07) is 25.8. The molecule has 3 aliphatic carbocycles. The number of amides is 1. The molecule has 0 radical (unpaired) electrons. The molecule has 282 valence electrons. The zero-order valence-corrected chi connectivity index (χ0v) is 31.6. The second kappa shape index (κ2) is 16.0. The molecule has 1 spiro atoms. The molecule has 1 amide bonds. The highest BCUT2D eigenvalue weighted by molar-refractivity contribution is 5.77. The minimum Gasteiger partial charge on any atom is -0.483 e. The van der Waals surface area contributed by atoms with E-state index in [9.17, 15) is 14.7 Å². The van der Waals surface area contributed by atoms with Crippen molar-refractivity contribution in [2.24, 2.45) is 11.8 Å². The fourth-order valence-corrected chi connectivity index (χ4v) is 10.8. The number of piperidine rings is 1. The molecule has 2 aliphatic heterocycles. The highest BCUT2D eigenvalue weighted by Crippen LogP contribution is 2.64. The van der Waals surface area contributed by atoms with Gasteiger partial charge in [0.2, 0.25) is 5.91 Å². The van der Waals surface area contributed by atoms with Gasteiger partial charge in [0.25, 0.3) is 0 Å². The molecular formula is C46H58N2O5. The number of nitrogens with zero attached hydrogens (tertiary/aromatic N) is 2. The van der Waals surface area contributed by atoms with Crippen molar-refractivity contribution in [3.8, 4) is 11.5 Å². The van der Waals surface area contributed by atoms with Gasteiger partial charge in [0.1, 0.15) is 6.10 Å². The number of aryl methyl sites for hydroxylation is 2. The van der Waals surface area contributed by atoms with Crippen LogP contribution in [0.15, 0.2) is 72.8 Å². The van der Waals surface area contributed by atoms with E-state index < -0.39 is 0 Å². The molecule has 7 nitrogen and oxygen atoms in total. The van der Waals surface area contributed by atoms with Crippen LogP contribution in [0.5, 0.6) is 11.5 Å². The monoisotopic (exact) mass is 718 g/mol. The van der Waals surface area contributed by atoms with E-state index in [1.807, 2.05) is 6.07 Å². The van der Waals surface area contributed by atoms with Crippen molar-refractivity contribution in [2.75, 3.05) is 19.6 Å². The zero-order chi connectivity index (χ0) is 36.4. The lowest BCUT2D eigenvalue weighted by atomic mass is 9.51. The number of ether oxygens (including phenoxy) is 2. The van der Waals surface area contributed by atoms with Crippen LogP contribution in [-0.4, -0.2) is 70.7 Å². The first-order valence-corrected chi connectivity index (χ1v) is 20.7. The number of carbonyl (C=O) groups excluding carboxylic acids is 2. The number of likely N-dealkylation sites (tertiary alicyclic amines) is 1. The number of unbranched alkanes of at least 4 members (excludes halogenated alkanes) is 5. The molecule has 2 saturated carbocycles. The molecule has 0 aromatic heterocycles. The molecule has 8 rings (SSSR count). The van der Waals surface area contributed by atoms with Gasteiger partial charge < -0.3 is 19.5 Å². The number of hydrogen-bond acceptors (Lipinski definition) is 6. The van der Waals surface area contributed by atoms with Crippen molar-refractivity contribution >= 4 is 11.9 Å². The maximum absolute atomic E-state index is 14.5. The van der Waals surface area contributed by atoms with Crippen molar-refractivity contribution < 1.29 is 24.2 Å². The van der Waals surface area contributed by atoms with Gasteiger partial charge in [-0.3, -0.25) is 14.5 Å². The SMILES string of the molecule is CC(=O)Oc1ccc2c3c1O[C@H]1[C@H](N(CCCCc4ccccc4)C(=O)CCCCCCCc4ccccc4)CC[C@H]4[C@@H](C2)N(CC2CC2O)CC[C@@]341. The minimum absolute atomic E-state index is 0.0256. The Balaban J connectivity index is 1.01. The Bertz CT molecular complexity index is 1730. The first-order valence-electron chi connectivity index (χ1n) is 20.7. The Labute approximate surface area is 316 Å². The standard InChI is InChI=1S/C46H58N2O5/c1-32(49)52-41-25-22-35-29-39-37-23-24-38(45-46(37,43(35)44(41)53-45)26-28-47(39)31-36-30-40(36)50)48(27-14-13-20-34-18-10-6-11-19-34)42(51)21-12-4-2-3-7-15-33-16-8-5-9-17-33/h5-6,8-11,16-19,22,25,36-40,45,50H,2-4,7,12-15,20-21,23-24,26-31H2,1H3/t36?,37-,38+,39+,40?,45-,46-/m0/s1. The molecule has 3 aromatic rings. The summed E-state index contributed by atoms with van der Waals surface area (Å²) in [5.41, 5.74) is 5.09. The van der Waals surface area contributed by atoms with Crippen LogP contribution < -0.4 is 9.47 Å². The van der Waals surface area contributed by atoms with Crippen molar-refractivity contribution in [1.29, 1.82) is 0 Å². The molecule has 1 N–H and O–H groups in total. The molecule has 3 aromatic carbocycles. The largest absolute Gasteiger partial charge is 0.483 e. The van der Waals surface area contributed by atoms with Crippen molar-refractivity contribution in [1.82, 2.24) is 9.80 Å². The summed E-state index contributed by atoms with van der Waals surface area (Å²) < 4.78 is 13.0. The molecule has 2 heterocycles. The average Bonchev–Trinajstić information content (AvgIpc) is 3.75. The van der Waals surface area contributed by atoms with E-state index >= 15 is 0 Å². The quantitative estimate of drug-likeness (QED) is 0.0871. The van der Waals surface area contributed by atoms with E-state index in [-0.39, 0.29) is 35.5 Å². The number of hydrogen-bond donors (Lipinski definition) is 1. The summed E-state index contributed by atoms with van der Waals surface area (Å²) in [4.78, 5) is 31.7. The van der Waals surface area contributed by atoms with Gasteiger partial charge >= 0.3 is 5.97 Å². The van der Waals surface area contributed by atoms with E-state index in [0.29, 0.717) is 30.0 Å².